The average Bonchev–Trinajstić information content (AvgIpc) is 2.98. The molecule has 1 unspecified atom stereocenters. The molecule has 2 aromatic rings. The van der Waals surface area contributed by atoms with Crippen molar-refractivity contribution >= 4 is 19.9 Å². The third kappa shape index (κ3) is 4.63. The summed E-state index contributed by atoms with van der Waals surface area (Å²) in [5.74, 6) is 0. The lowest BCUT2D eigenvalue weighted by Crippen LogP contribution is -2.37. The highest BCUT2D eigenvalue weighted by Gasteiger charge is 2.20. The largest absolute Gasteiger partial charge is 0.336 e. The molecule has 1 aromatic carbocycles. The molecule has 0 aliphatic carbocycles. The summed E-state index contributed by atoms with van der Waals surface area (Å²) in [4.78, 5) is 4.05. The van der Waals surface area contributed by atoms with Crippen LogP contribution in [0.2, 0.25) is 0 Å². The first-order chi connectivity index (χ1) is 10.7. The van der Waals surface area contributed by atoms with E-state index in [-0.39, 0.29) is 15.8 Å². The van der Waals surface area contributed by atoms with Crippen molar-refractivity contribution in [2.45, 2.75) is 35.7 Å². The van der Waals surface area contributed by atoms with E-state index in [2.05, 4.69) is 9.71 Å². The highest BCUT2D eigenvalue weighted by atomic mass is 32.2. The number of benzene rings is 1. The third-order valence-corrected chi connectivity index (χ3v) is 6.03. The number of rotatable bonds is 7. The molecule has 0 bridgehead atoms. The minimum Gasteiger partial charge on any atom is -0.336 e. The molecule has 0 radical (unpaired) electrons. The molecule has 0 saturated heterocycles. The van der Waals surface area contributed by atoms with E-state index in [1.54, 1.807) is 23.3 Å². The van der Waals surface area contributed by atoms with Gasteiger partial charge in [-0.1, -0.05) is 6.92 Å². The van der Waals surface area contributed by atoms with Crippen molar-refractivity contribution in [1.29, 1.82) is 0 Å². The van der Waals surface area contributed by atoms with Gasteiger partial charge in [0.15, 0.2) is 9.84 Å². The summed E-state index contributed by atoms with van der Waals surface area (Å²) in [6.07, 6.45) is 6.70. The fourth-order valence-electron chi connectivity index (χ4n) is 2.05. The van der Waals surface area contributed by atoms with Crippen LogP contribution in [0.1, 0.15) is 13.3 Å². The van der Waals surface area contributed by atoms with Crippen molar-refractivity contribution < 1.29 is 16.8 Å². The summed E-state index contributed by atoms with van der Waals surface area (Å²) in [5.41, 5.74) is 0. The summed E-state index contributed by atoms with van der Waals surface area (Å²) >= 11 is 0. The summed E-state index contributed by atoms with van der Waals surface area (Å²) in [7, 11) is -7.07. The Morgan fingerprint density at radius 3 is 2.22 bits per heavy atom. The number of sulfone groups is 1. The maximum absolute atomic E-state index is 12.4. The van der Waals surface area contributed by atoms with Gasteiger partial charge in [0, 0.05) is 31.2 Å². The molecule has 1 N–H and O–H groups in total. The highest BCUT2D eigenvalue weighted by molar-refractivity contribution is 7.90. The minimum absolute atomic E-state index is 0.0361. The molecule has 1 aromatic heterocycles. The quantitative estimate of drug-likeness (QED) is 0.798. The molecule has 7 nitrogen and oxygen atoms in total. The van der Waals surface area contributed by atoms with Crippen molar-refractivity contribution in [1.82, 2.24) is 14.3 Å². The lowest BCUT2D eigenvalue weighted by atomic mass is 10.2. The van der Waals surface area contributed by atoms with Crippen molar-refractivity contribution in [2.75, 3.05) is 6.26 Å². The monoisotopic (exact) mass is 357 g/mol. The van der Waals surface area contributed by atoms with Gasteiger partial charge in [-0.2, -0.15) is 0 Å². The second kappa shape index (κ2) is 6.81. The molecule has 1 atom stereocenters. The topological polar surface area (TPSA) is 98.1 Å². The molecular formula is C14H19N3O4S2. The normalized spacial score (nSPS) is 13.8. The van der Waals surface area contributed by atoms with Gasteiger partial charge in [0.2, 0.25) is 10.0 Å². The van der Waals surface area contributed by atoms with E-state index < -0.39 is 19.9 Å². The van der Waals surface area contributed by atoms with Gasteiger partial charge in [0.05, 0.1) is 16.1 Å². The van der Waals surface area contributed by atoms with Gasteiger partial charge in [-0.25, -0.2) is 26.5 Å². The zero-order valence-electron chi connectivity index (χ0n) is 12.9. The Morgan fingerprint density at radius 1 is 1.13 bits per heavy atom. The van der Waals surface area contributed by atoms with Crippen molar-refractivity contribution in [2.24, 2.45) is 0 Å². The van der Waals surface area contributed by atoms with Crippen LogP contribution in [0.4, 0.5) is 0 Å². The summed E-state index contributed by atoms with van der Waals surface area (Å²) in [6.45, 7) is 2.36. The maximum Gasteiger partial charge on any atom is 0.240 e. The SMILES string of the molecule is CCC(Cn1ccnc1)NS(=O)(=O)c1ccc(S(C)(=O)=O)cc1. The Morgan fingerprint density at radius 2 is 1.74 bits per heavy atom. The van der Waals surface area contributed by atoms with Gasteiger partial charge in [-0.05, 0) is 30.7 Å². The van der Waals surface area contributed by atoms with Crippen LogP contribution in [0.5, 0.6) is 0 Å². The van der Waals surface area contributed by atoms with Crippen LogP contribution in [0.15, 0.2) is 52.8 Å². The highest BCUT2D eigenvalue weighted by Crippen LogP contribution is 2.15. The first-order valence-electron chi connectivity index (χ1n) is 7.00. The molecule has 0 saturated carbocycles. The summed E-state index contributed by atoms with van der Waals surface area (Å²) in [6, 6.07) is 4.89. The molecule has 1 heterocycles. The zero-order valence-corrected chi connectivity index (χ0v) is 14.5. The Hall–Kier alpha value is -1.71. The molecule has 0 spiro atoms. The molecule has 0 aliphatic heterocycles. The van der Waals surface area contributed by atoms with Crippen LogP contribution in [-0.4, -0.2) is 38.7 Å². The van der Waals surface area contributed by atoms with Crippen LogP contribution in [0, 0.1) is 0 Å². The van der Waals surface area contributed by atoms with Crippen LogP contribution >= 0.6 is 0 Å². The molecule has 9 heteroatoms. The number of hydrogen-bond donors (Lipinski definition) is 1. The van der Waals surface area contributed by atoms with E-state index in [1.807, 2.05) is 6.92 Å². The molecule has 0 amide bonds. The molecule has 0 fully saturated rings. The first-order valence-corrected chi connectivity index (χ1v) is 10.4. The van der Waals surface area contributed by atoms with E-state index in [0.29, 0.717) is 13.0 Å². The number of hydrogen-bond acceptors (Lipinski definition) is 5. The standard InChI is InChI=1S/C14H19N3O4S2/c1-3-12(10-17-9-8-15-11-17)16-23(20,21)14-6-4-13(5-7-14)22(2,18)19/h4-9,11-12,16H,3,10H2,1-2H3. The number of nitrogens with zero attached hydrogens (tertiary/aromatic N) is 2. The predicted octanol–water partition coefficient (Wildman–Crippen LogP) is 1.04. The average molecular weight is 357 g/mol. The van der Waals surface area contributed by atoms with Gasteiger partial charge in [-0.15, -0.1) is 0 Å². The van der Waals surface area contributed by atoms with Crippen LogP contribution in [0.3, 0.4) is 0 Å². The van der Waals surface area contributed by atoms with Crippen molar-refractivity contribution in [3.05, 3.63) is 43.0 Å². The Bertz CT molecular complexity index is 842. The Labute approximate surface area is 136 Å². The van der Waals surface area contributed by atoms with Crippen LogP contribution in [0.25, 0.3) is 0 Å². The molecular weight excluding hydrogens is 338 g/mol. The van der Waals surface area contributed by atoms with Crippen molar-refractivity contribution in [3.8, 4) is 0 Å². The predicted molar refractivity (Wildman–Crippen MR) is 86.2 cm³/mol. The van der Waals surface area contributed by atoms with E-state index in [9.17, 15) is 16.8 Å². The second-order valence-corrected chi connectivity index (χ2v) is 8.96. The molecule has 2 rings (SSSR count). The molecule has 126 valence electrons. The fourth-order valence-corrected chi connectivity index (χ4v) is 3.99. The number of aromatic nitrogens is 2. The van der Waals surface area contributed by atoms with Crippen molar-refractivity contribution in [3.63, 3.8) is 0 Å². The van der Waals surface area contributed by atoms with E-state index in [1.165, 1.54) is 24.3 Å². The minimum atomic E-state index is -3.72. The Balaban J connectivity index is 2.17. The number of imidazole rings is 1. The maximum atomic E-state index is 12.4. The van der Waals surface area contributed by atoms with Gasteiger partial charge in [0.1, 0.15) is 0 Å². The Kier molecular flexibility index (Phi) is 5.23. The van der Waals surface area contributed by atoms with E-state index in [0.717, 1.165) is 6.26 Å². The first kappa shape index (κ1) is 17.6. The van der Waals surface area contributed by atoms with Crippen LogP contribution in [-0.2, 0) is 26.4 Å². The molecule has 23 heavy (non-hydrogen) atoms. The van der Waals surface area contributed by atoms with Gasteiger partial charge in [-0.3, -0.25) is 0 Å². The number of nitrogens with one attached hydrogen (secondary N) is 1. The van der Waals surface area contributed by atoms with Gasteiger partial charge < -0.3 is 4.57 Å². The smallest absolute Gasteiger partial charge is 0.240 e. The van der Waals surface area contributed by atoms with E-state index >= 15 is 0 Å². The summed E-state index contributed by atoms with van der Waals surface area (Å²) < 4.78 is 52.1. The van der Waals surface area contributed by atoms with E-state index in [4.69, 9.17) is 0 Å². The summed E-state index contributed by atoms with van der Waals surface area (Å²) in [5, 5.41) is 0. The number of sulfonamides is 1. The van der Waals surface area contributed by atoms with Gasteiger partial charge in [0.25, 0.3) is 0 Å². The lowest BCUT2D eigenvalue weighted by molar-refractivity contribution is 0.485. The lowest BCUT2D eigenvalue weighted by Gasteiger charge is -2.17. The van der Waals surface area contributed by atoms with Crippen LogP contribution < -0.4 is 4.72 Å². The second-order valence-electron chi connectivity index (χ2n) is 5.23. The third-order valence-electron chi connectivity index (χ3n) is 3.37. The molecule has 0 aliphatic rings. The van der Waals surface area contributed by atoms with Gasteiger partial charge >= 0.3 is 0 Å². The fraction of sp³-hybridized carbons (Fsp3) is 0.357. The zero-order chi connectivity index (χ0) is 17.1.